The molecule has 0 N–H and O–H groups in total. The Morgan fingerprint density at radius 2 is 1.21 bits per heavy atom. The molecule has 2 amide bonds. The van der Waals surface area contributed by atoms with Gasteiger partial charge >= 0.3 is 0 Å². The highest BCUT2D eigenvalue weighted by atomic mass is 35.5. The second-order valence-electron chi connectivity index (χ2n) is 4.82. The van der Waals surface area contributed by atoms with E-state index in [1.807, 2.05) is 0 Å². The van der Waals surface area contributed by atoms with Gasteiger partial charge < -0.3 is 0 Å². The van der Waals surface area contributed by atoms with Crippen LogP contribution < -0.4 is 0 Å². The number of allylic oxidation sites excluding steroid dienone is 2. The molecule has 0 aromatic heterocycles. The zero-order chi connectivity index (χ0) is 14.5. The zero-order valence-electron chi connectivity index (χ0n) is 9.19. The molecule has 104 valence electrons. The van der Waals surface area contributed by atoms with Gasteiger partial charge in [-0.2, -0.15) is 0 Å². The average Bonchev–Trinajstić information content (AvgIpc) is 2.69. The molecular weight excluding hydrogens is 379 g/mol. The number of alkyl halides is 4. The Morgan fingerprint density at radius 1 is 0.895 bits per heavy atom. The molecule has 2 fully saturated rings. The van der Waals surface area contributed by atoms with Crippen molar-refractivity contribution in [1.82, 2.24) is 4.90 Å². The maximum Gasteiger partial charge on any atom is 0.235 e. The van der Waals surface area contributed by atoms with Gasteiger partial charge in [0.05, 0.1) is 21.9 Å². The molecule has 2 aliphatic carbocycles. The Morgan fingerprint density at radius 3 is 1.53 bits per heavy atom. The molecule has 4 atom stereocenters. The Bertz CT molecular complexity index is 528. The summed E-state index contributed by atoms with van der Waals surface area (Å²) in [6.45, 7) is 0. The standard InChI is InChI=1S/C10H5Cl6NO2/c1-17-6(18)2-3(7(17)19)9(14)5(12)4(11)8(2,13)10(9,15)16/h2-3H,1H3/t2-,3+,8?,9?. The number of rotatable bonds is 0. The minimum Gasteiger partial charge on any atom is -0.285 e. The van der Waals surface area contributed by atoms with E-state index in [1.165, 1.54) is 7.05 Å². The lowest BCUT2D eigenvalue weighted by Gasteiger charge is -2.34. The Kier molecular flexibility index (Phi) is 2.82. The first-order valence-corrected chi connectivity index (χ1v) is 7.44. The smallest absolute Gasteiger partial charge is 0.235 e. The van der Waals surface area contributed by atoms with Gasteiger partial charge in [-0.15, -0.1) is 23.2 Å². The lowest BCUT2D eigenvalue weighted by atomic mass is 9.84. The van der Waals surface area contributed by atoms with Gasteiger partial charge in [-0.3, -0.25) is 14.5 Å². The van der Waals surface area contributed by atoms with Gasteiger partial charge in [0.25, 0.3) is 0 Å². The number of amides is 2. The number of hydrogen-bond donors (Lipinski definition) is 0. The lowest BCUT2D eigenvalue weighted by molar-refractivity contribution is -0.138. The van der Waals surface area contributed by atoms with E-state index >= 15 is 0 Å². The minimum absolute atomic E-state index is 0.0754. The molecular formula is C10H5Cl6NO2. The van der Waals surface area contributed by atoms with E-state index in [1.54, 1.807) is 0 Å². The third-order valence-electron chi connectivity index (χ3n) is 4.13. The van der Waals surface area contributed by atoms with Crippen LogP contribution in [0.4, 0.5) is 0 Å². The predicted octanol–water partition coefficient (Wildman–Crippen LogP) is 3.06. The van der Waals surface area contributed by atoms with Crippen LogP contribution in [0.25, 0.3) is 0 Å². The highest BCUT2D eigenvalue weighted by molar-refractivity contribution is 6.66. The fraction of sp³-hybridized carbons (Fsp3) is 0.600. The van der Waals surface area contributed by atoms with E-state index in [0.717, 1.165) is 4.90 Å². The second-order valence-corrected chi connectivity index (χ2v) is 8.09. The van der Waals surface area contributed by atoms with Crippen molar-refractivity contribution in [3.8, 4) is 0 Å². The van der Waals surface area contributed by atoms with Crippen LogP contribution in [0.15, 0.2) is 10.1 Å². The molecule has 2 bridgehead atoms. The first kappa shape index (κ1) is 14.6. The number of likely N-dealkylation sites (tertiary alicyclic amines) is 1. The summed E-state index contributed by atoms with van der Waals surface area (Å²) in [5.41, 5.74) is 0. The zero-order valence-corrected chi connectivity index (χ0v) is 13.7. The first-order chi connectivity index (χ1) is 8.54. The van der Waals surface area contributed by atoms with E-state index < -0.39 is 37.7 Å². The van der Waals surface area contributed by atoms with Crippen LogP contribution in [0.5, 0.6) is 0 Å². The van der Waals surface area contributed by atoms with Crippen LogP contribution in [0.3, 0.4) is 0 Å². The molecule has 3 rings (SSSR count). The number of carbonyl (C=O) groups excluding carboxylic acids is 2. The van der Waals surface area contributed by atoms with E-state index in [4.69, 9.17) is 69.6 Å². The molecule has 1 saturated heterocycles. The fourth-order valence-electron chi connectivity index (χ4n) is 3.13. The maximum absolute atomic E-state index is 12.2. The third-order valence-corrected chi connectivity index (χ3v) is 8.39. The van der Waals surface area contributed by atoms with Gasteiger partial charge in [0, 0.05) is 7.05 Å². The highest BCUT2D eigenvalue weighted by Crippen LogP contribution is 2.77. The Hall–Kier alpha value is 0.620. The lowest BCUT2D eigenvalue weighted by Crippen LogP contribution is -2.49. The van der Waals surface area contributed by atoms with Crippen molar-refractivity contribution in [2.24, 2.45) is 11.8 Å². The number of hydrogen-bond acceptors (Lipinski definition) is 2. The van der Waals surface area contributed by atoms with Gasteiger partial charge in [0.1, 0.15) is 9.75 Å². The van der Waals surface area contributed by atoms with Gasteiger partial charge in [-0.25, -0.2) is 0 Å². The summed E-state index contributed by atoms with van der Waals surface area (Å²) in [5, 5.41) is -0.151. The summed E-state index contributed by atoms with van der Waals surface area (Å²) in [5.74, 6) is -3.07. The van der Waals surface area contributed by atoms with Crippen LogP contribution in [-0.4, -0.2) is 37.8 Å². The van der Waals surface area contributed by atoms with Crippen LogP contribution in [0.1, 0.15) is 0 Å². The summed E-state index contributed by atoms with van der Waals surface area (Å²) >= 11 is 37.5. The quantitative estimate of drug-likeness (QED) is 0.476. The number of halogens is 6. The van der Waals surface area contributed by atoms with Gasteiger partial charge in [-0.1, -0.05) is 46.4 Å². The van der Waals surface area contributed by atoms with Gasteiger partial charge in [0.15, 0.2) is 4.33 Å². The average molecular weight is 384 g/mol. The summed E-state index contributed by atoms with van der Waals surface area (Å²) < 4.78 is -1.85. The van der Waals surface area contributed by atoms with Crippen LogP contribution in [-0.2, 0) is 9.59 Å². The summed E-state index contributed by atoms with van der Waals surface area (Å²) in [6, 6.07) is 0. The largest absolute Gasteiger partial charge is 0.285 e. The van der Waals surface area contributed by atoms with Crippen molar-refractivity contribution in [2.75, 3.05) is 7.05 Å². The van der Waals surface area contributed by atoms with Gasteiger partial charge in [-0.05, 0) is 0 Å². The molecule has 0 radical (unpaired) electrons. The van der Waals surface area contributed by atoms with Crippen molar-refractivity contribution in [1.29, 1.82) is 0 Å². The third kappa shape index (κ3) is 1.16. The number of nitrogens with zero attached hydrogens (tertiary/aromatic N) is 1. The van der Waals surface area contributed by atoms with Crippen LogP contribution in [0.2, 0.25) is 0 Å². The molecule has 1 aliphatic heterocycles. The molecule has 1 saturated carbocycles. The van der Waals surface area contributed by atoms with Crippen molar-refractivity contribution in [2.45, 2.75) is 14.1 Å². The van der Waals surface area contributed by atoms with Crippen molar-refractivity contribution >= 4 is 81.4 Å². The normalized spacial score (nSPS) is 47.4. The van der Waals surface area contributed by atoms with Crippen molar-refractivity contribution in [3.63, 3.8) is 0 Å². The minimum atomic E-state index is -1.85. The molecule has 0 aromatic rings. The second kappa shape index (κ2) is 3.68. The maximum atomic E-state index is 12.2. The SMILES string of the molecule is CN1C(=O)[C@@H]2[C@H](C1=O)C1(Cl)C(Cl)=C(Cl)C2(Cl)C1(Cl)Cl. The highest BCUT2D eigenvalue weighted by Gasteiger charge is 2.87. The molecule has 3 nitrogen and oxygen atoms in total. The van der Waals surface area contributed by atoms with Crippen molar-refractivity contribution in [3.05, 3.63) is 10.1 Å². The number of carbonyl (C=O) groups is 2. The van der Waals surface area contributed by atoms with E-state index in [2.05, 4.69) is 0 Å². The summed E-state index contributed by atoms with van der Waals surface area (Å²) in [4.78, 5) is 21.9. The Balaban J connectivity index is 2.36. The van der Waals surface area contributed by atoms with E-state index in [0.29, 0.717) is 0 Å². The molecule has 9 heteroatoms. The number of fused-ring (bicyclic) bond motifs is 5. The molecule has 0 spiro atoms. The summed E-state index contributed by atoms with van der Waals surface area (Å²) in [6.07, 6.45) is 0. The summed E-state index contributed by atoms with van der Waals surface area (Å²) in [7, 11) is 1.34. The van der Waals surface area contributed by atoms with Crippen LogP contribution >= 0.6 is 69.6 Å². The van der Waals surface area contributed by atoms with Crippen molar-refractivity contribution < 1.29 is 9.59 Å². The molecule has 3 aliphatic rings. The molecule has 2 unspecified atom stereocenters. The number of imide groups is 1. The van der Waals surface area contributed by atoms with E-state index in [9.17, 15) is 9.59 Å². The molecule has 0 aromatic carbocycles. The predicted molar refractivity (Wildman–Crippen MR) is 75.1 cm³/mol. The molecule has 1 heterocycles. The van der Waals surface area contributed by atoms with Crippen LogP contribution in [0, 0.1) is 11.8 Å². The first-order valence-electron chi connectivity index (χ1n) is 5.17. The topological polar surface area (TPSA) is 37.4 Å². The van der Waals surface area contributed by atoms with E-state index in [-0.39, 0.29) is 10.1 Å². The fourth-order valence-corrected chi connectivity index (χ4v) is 6.06. The monoisotopic (exact) mass is 381 g/mol. The Labute approximate surface area is 138 Å². The van der Waals surface area contributed by atoms with Gasteiger partial charge in [0.2, 0.25) is 11.8 Å². The molecule has 19 heavy (non-hydrogen) atoms.